The summed E-state index contributed by atoms with van der Waals surface area (Å²) in [6.07, 6.45) is 3.56. The van der Waals surface area contributed by atoms with Gasteiger partial charge in [-0.3, -0.25) is 4.99 Å². The van der Waals surface area contributed by atoms with Crippen molar-refractivity contribution < 1.29 is 8.94 Å². The molecule has 0 aliphatic heterocycles. The first-order valence-corrected chi connectivity index (χ1v) is 9.44. The lowest BCUT2D eigenvalue weighted by Gasteiger charge is -2.10. The van der Waals surface area contributed by atoms with Gasteiger partial charge in [-0.15, -0.1) is 0 Å². The van der Waals surface area contributed by atoms with Crippen LogP contribution in [0.15, 0.2) is 44.5 Å². The van der Waals surface area contributed by atoms with E-state index < -0.39 is 0 Å². The van der Waals surface area contributed by atoms with Gasteiger partial charge in [0.25, 0.3) is 0 Å². The molecule has 3 aromatic rings. The highest BCUT2D eigenvalue weighted by Crippen LogP contribution is 2.19. The number of hydrogen-bond donors (Lipinski definition) is 2. The molecule has 0 aliphatic rings. The Morgan fingerprint density at radius 3 is 2.57 bits per heavy atom. The highest BCUT2D eigenvalue weighted by atomic mass is 16.5. The molecular formula is C21H27N5O2. The van der Waals surface area contributed by atoms with Crippen LogP contribution in [0.1, 0.15) is 34.7 Å². The maximum Gasteiger partial charge on any atom is 0.226 e. The quantitative estimate of drug-likeness (QED) is 0.370. The van der Waals surface area contributed by atoms with Crippen LogP contribution in [0.4, 0.5) is 0 Å². The molecule has 0 spiro atoms. The summed E-state index contributed by atoms with van der Waals surface area (Å²) in [6.45, 7) is 7.33. The van der Waals surface area contributed by atoms with Gasteiger partial charge in [0.2, 0.25) is 5.89 Å². The summed E-state index contributed by atoms with van der Waals surface area (Å²) in [5, 5.41) is 10.6. The molecule has 0 saturated heterocycles. The Kier molecular flexibility index (Phi) is 6.47. The standard InChI is InChI=1S/C21H27N5O2/c1-14-7-9-17(10-8-14)20-25-18(13-27-20)12-24-21(22-4)23-11-5-6-19-15(2)26-28-16(19)3/h7-10,13H,5-6,11-12H2,1-4H3,(H2,22,23,24). The lowest BCUT2D eigenvalue weighted by atomic mass is 10.1. The second kappa shape index (κ2) is 9.21. The van der Waals surface area contributed by atoms with Gasteiger partial charge in [0.05, 0.1) is 17.9 Å². The zero-order chi connectivity index (χ0) is 19.9. The Labute approximate surface area is 165 Å². The maximum absolute atomic E-state index is 5.59. The van der Waals surface area contributed by atoms with Crippen LogP contribution < -0.4 is 10.6 Å². The summed E-state index contributed by atoms with van der Waals surface area (Å²) in [6, 6.07) is 8.12. The molecule has 0 atom stereocenters. The molecule has 0 amide bonds. The van der Waals surface area contributed by atoms with Gasteiger partial charge in [-0.05, 0) is 45.7 Å². The van der Waals surface area contributed by atoms with Crippen molar-refractivity contribution in [2.24, 2.45) is 4.99 Å². The summed E-state index contributed by atoms with van der Waals surface area (Å²) in [5.41, 5.74) is 5.17. The van der Waals surface area contributed by atoms with E-state index >= 15 is 0 Å². The number of rotatable bonds is 7. The molecule has 0 bridgehead atoms. The fraction of sp³-hybridized carbons (Fsp3) is 0.381. The lowest BCUT2D eigenvalue weighted by Crippen LogP contribution is -2.37. The third kappa shape index (κ3) is 5.00. The van der Waals surface area contributed by atoms with Gasteiger partial charge < -0.3 is 19.6 Å². The molecule has 148 valence electrons. The van der Waals surface area contributed by atoms with Crippen LogP contribution >= 0.6 is 0 Å². The fourth-order valence-corrected chi connectivity index (χ4v) is 2.94. The average Bonchev–Trinajstić information content (AvgIpc) is 3.29. The summed E-state index contributed by atoms with van der Waals surface area (Å²) in [5.74, 6) is 2.26. The molecule has 0 unspecified atom stereocenters. The van der Waals surface area contributed by atoms with Gasteiger partial charge in [0, 0.05) is 24.7 Å². The van der Waals surface area contributed by atoms with Crippen molar-refractivity contribution in [2.75, 3.05) is 13.6 Å². The summed E-state index contributed by atoms with van der Waals surface area (Å²) in [7, 11) is 1.75. The molecule has 0 saturated carbocycles. The normalized spacial score (nSPS) is 11.6. The largest absolute Gasteiger partial charge is 0.444 e. The van der Waals surface area contributed by atoms with E-state index in [1.54, 1.807) is 13.3 Å². The number of nitrogens with one attached hydrogen (secondary N) is 2. The Bertz CT molecular complexity index is 905. The van der Waals surface area contributed by atoms with E-state index in [1.807, 2.05) is 38.1 Å². The molecule has 7 heteroatoms. The van der Waals surface area contributed by atoms with Crippen molar-refractivity contribution in [1.29, 1.82) is 0 Å². The smallest absolute Gasteiger partial charge is 0.226 e. The minimum absolute atomic E-state index is 0.541. The van der Waals surface area contributed by atoms with Crippen molar-refractivity contribution in [2.45, 2.75) is 40.2 Å². The minimum Gasteiger partial charge on any atom is -0.444 e. The highest BCUT2D eigenvalue weighted by molar-refractivity contribution is 5.79. The van der Waals surface area contributed by atoms with Crippen molar-refractivity contribution in [3.63, 3.8) is 0 Å². The van der Waals surface area contributed by atoms with Crippen LogP contribution in [0.3, 0.4) is 0 Å². The highest BCUT2D eigenvalue weighted by Gasteiger charge is 2.09. The Morgan fingerprint density at radius 2 is 1.89 bits per heavy atom. The number of guanidine groups is 1. The third-order valence-corrected chi connectivity index (χ3v) is 4.59. The Balaban J connectivity index is 1.45. The average molecular weight is 381 g/mol. The molecule has 2 aromatic heterocycles. The van der Waals surface area contributed by atoms with Gasteiger partial charge in [0.15, 0.2) is 5.96 Å². The zero-order valence-corrected chi connectivity index (χ0v) is 16.9. The maximum atomic E-state index is 5.59. The molecule has 7 nitrogen and oxygen atoms in total. The van der Waals surface area contributed by atoms with Crippen LogP contribution in [-0.2, 0) is 13.0 Å². The van der Waals surface area contributed by atoms with E-state index in [1.165, 1.54) is 11.1 Å². The van der Waals surface area contributed by atoms with Gasteiger partial charge in [0.1, 0.15) is 12.0 Å². The van der Waals surface area contributed by atoms with Gasteiger partial charge >= 0.3 is 0 Å². The predicted octanol–water partition coefficient (Wildman–Crippen LogP) is 3.55. The number of aromatic nitrogens is 2. The second-order valence-corrected chi connectivity index (χ2v) is 6.77. The topological polar surface area (TPSA) is 88.5 Å². The zero-order valence-electron chi connectivity index (χ0n) is 16.9. The summed E-state index contributed by atoms with van der Waals surface area (Å²) in [4.78, 5) is 8.79. The minimum atomic E-state index is 0.541. The van der Waals surface area contributed by atoms with E-state index in [4.69, 9.17) is 8.94 Å². The molecule has 2 heterocycles. The predicted molar refractivity (Wildman–Crippen MR) is 109 cm³/mol. The molecule has 0 aliphatic carbocycles. The number of aliphatic imine (C=N–C) groups is 1. The summed E-state index contributed by atoms with van der Waals surface area (Å²) < 4.78 is 10.8. The van der Waals surface area contributed by atoms with E-state index in [9.17, 15) is 0 Å². The second-order valence-electron chi connectivity index (χ2n) is 6.77. The van der Waals surface area contributed by atoms with Crippen molar-refractivity contribution in [3.8, 4) is 11.5 Å². The van der Waals surface area contributed by atoms with Gasteiger partial charge in [-0.1, -0.05) is 22.9 Å². The molecule has 0 fully saturated rings. The van der Waals surface area contributed by atoms with E-state index in [0.29, 0.717) is 12.4 Å². The van der Waals surface area contributed by atoms with Gasteiger partial charge in [-0.2, -0.15) is 0 Å². The van der Waals surface area contributed by atoms with E-state index in [2.05, 4.69) is 32.7 Å². The number of aryl methyl sites for hydroxylation is 3. The van der Waals surface area contributed by atoms with Crippen LogP contribution in [-0.4, -0.2) is 29.7 Å². The number of nitrogens with zero attached hydrogens (tertiary/aromatic N) is 3. The third-order valence-electron chi connectivity index (χ3n) is 4.59. The van der Waals surface area contributed by atoms with E-state index in [-0.39, 0.29) is 0 Å². The van der Waals surface area contributed by atoms with Gasteiger partial charge in [-0.25, -0.2) is 4.98 Å². The van der Waals surface area contributed by atoms with E-state index in [0.717, 1.165) is 48.1 Å². The number of hydrogen-bond acceptors (Lipinski definition) is 5. The van der Waals surface area contributed by atoms with Crippen LogP contribution in [0.2, 0.25) is 0 Å². The van der Waals surface area contributed by atoms with Crippen LogP contribution in [0, 0.1) is 20.8 Å². The molecule has 1 aromatic carbocycles. The molecule has 2 N–H and O–H groups in total. The SMILES string of the molecule is CN=C(NCCCc1c(C)noc1C)NCc1coc(-c2ccc(C)cc2)n1. The molecule has 3 rings (SSSR count). The first kappa shape index (κ1) is 19.7. The van der Waals surface area contributed by atoms with Crippen LogP contribution in [0.5, 0.6) is 0 Å². The Morgan fingerprint density at radius 1 is 1.11 bits per heavy atom. The van der Waals surface area contributed by atoms with Crippen LogP contribution in [0.25, 0.3) is 11.5 Å². The monoisotopic (exact) mass is 381 g/mol. The Hall–Kier alpha value is -3.09. The fourth-order valence-electron chi connectivity index (χ4n) is 2.94. The first-order valence-electron chi connectivity index (χ1n) is 9.44. The van der Waals surface area contributed by atoms with Crippen molar-refractivity contribution >= 4 is 5.96 Å². The molecule has 28 heavy (non-hydrogen) atoms. The number of oxazole rings is 1. The molecular weight excluding hydrogens is 354 g/mol. The van der Waals surface area contributed by atoms with Crippen molar-refractivity contribution in [3.05, 3.63) is 58.8 Å². The number of benzene rings is 1. The van der Waals surface area contributed by atoms with Crippen molar-refractivity contribution in [1.82, 2.24) is 20.8 Å². The molecule has 0 radical (unpaired) electrons. The first-order chi connectivity index (χ1) is 13.6. The summed E-state index contributed by atoms with van der Waals surface area (Å²) >= 11 is 0. The lowest BCUT2D eigenvalue weighted by molar-refractivity contribution is 0.392.